The summed E-state index contributed by atoms with van der Waals surface area (Å²) in [7, 11) is 0. The van der Waals surface area contributed by atoms with Crippen LogP contribution in [-0.4, -0.2) is 22.5 Å². The summed E-state index contributed by atoms with van der Waals surface area (Å²) in [6, 6.07) is 6.42. The van der Waals surface area contributed by atoms with Crippen molar-refractivity contribution in [1.29, 1.82) is 0 Å². The highest BCUT2D eigenvalue weighted by Crippen LogP contribution is 2.26. The summed E-state index contributed by atoms with van der Waals surface area (Å²) >= 11 is 0. The standard InChI is InChI=1S/C13H9F2NO3/c14-13(15)19-9-3-4-11(17)10(6-9)12(18)8-2-1-5-16-7-8/h1-7,13,17H. The maximum Gasteiger partial charge on any atom is 0.387 e. The predicted molar refractivity (Wildman–Crippen MR) is 62.4 cm³/mol. The average Bonchev–Trinajstić information content (AvgIpc) is 2.40. The smallest absolute Gasteiger partial charge is 0.387 e. The number of phenols is 1. The maximum absolute atomic E-state index is 12.1. The number of pyridine rings is 1. The van der Waals surface area contributed by atoms with Gasteiger partial charge in [0, 0.05) is 18.0 Å². The number of ether oxygens (including phenoxy) is 1. The highest BCUT2D eigenvalue weighted by atomic mass is 19.3. The highest BCUT2D eigenvalue weighted by molar-refractivity contribution is 6.10. The molecule has 4 nitrogen and oxygen atoms in total. The molecule has 0 spiro atoms. The van der Waals surface area contributed by atoms with E-state index in [4.69, 9.17) is 0 Å². The number of ketones is 1. The molecule has 0 bridgehead atoms. The Hall–Kier alpha value is -2.50. The highest BCUT2D eigenvalue weighted by Gasteiger charge is 2.16. The van der Waals surface area contributed by atoms with Crippen molar-refractivity contribution in [2.24, 2.45) is 0 Å². The van der Waals surface area contributed by atoms with E-state index in [0.29, 0.717) is 0 Å². The lowest BCUT2D eigenvalue weighted by Crippen LogP contribution is -2.05. The van der Waals surface area contributed by atoms with Crippen LogP contribution in [0, 0.1) is 0 Å². The van der Waals surface area contributed by atoms with Gasteiger partial charge in [-0.1, -0.05) is 0 Å². The Bertz CT molecular complexity index is 588. The molecule has 2 rings (SSSR count). The Morgan fingerprint density at radius 3 is 2.74 bits per heavy atom. The van der Waals surface area contributed by atoms with Gasteiger partial charge in [0.2, 0.25) is 0 Å². The first kappa shape index (κ1) is 12.9. The van der Waals surface area contributed by atoms with Crippen LogP contribution in [0.4, 0.5) is 8.78 Å². The van der Waals surface area contributed by atoms with Crippen LogP contribution < -0.4 is 4.74 Å². The largest absolute Gasteiger partial charge is 0.507 e. The lowest BCUT2D eigenvalue weighted by molar-refractivity contribution is -0.0499. The van der Waals surface area contributed by atoms with Crippen molar-refractivity contribution in [3.8, 4) is 11.5 Å². The number of hydrogen-bond donors (Lipinski definition) is 1. The van der Waals surface area contributed by atoms with Crippen molar-refractivity contribution in [2.45, 2.75) is 6.61 Å². The third-order valence-electron chi connectivity index (χ3n) is 2.36. The van der Waals surface area contributed by atoms with Gasteiger partial charge in [-0.25, -0.2) is 0 Å². The minimum absolute atomic E-state index is 0.119. The van der Waals surface area contributed by atoms with Gasteiger partial charge < -0.3 is 9.84 Å². The normalized spacial score (nSPS) is 10.5. The molecular weight excluding hydrogens is 256 g/mol. The molecule has 0 saturated heterocycles. The number of carbonyl (C=O) groups excluding carboxylic acids is 1. The summed E-state index contributed by atoms with van der Waals surface area (Å²) in [4.78, 5) is 15.8. The summed E-state index contributed by atoms with van der Waals surface area (Å²) in [5.74, 6) is -1.03. The summed E-state index contributed by atoms with van der Waals surface area (Å²) in [6.45, 7) is -2.99. The average molecular weight is 265 g/mol. The number of rotatable bonds is 4. The molecule has 19 heavy (non-hydrogen) atoms. The first-order valence-corrected chi connectivity index (χ1v) is 5.30. The monoisotopic (exact) mass is 265 g/mol. The molecule has 2 aromatic rings. The topological polar surface area (TPSA) is 59.4 Å². The predicted octanol–water partition coefficient (Wildman–Crippen LogP) is 2.62. The zero-order valence-electron chi connectivity index (χ0n) is 9.59. The fourth-order valence-electron chi connectivity index (χ4n) is 1.53. The van der Waals surface area contributed by atoms with E-state index in [0.717, 1.165) is 18.2 Å². The van der Waals surface area contributed by atoms with E-state index in [1.54, 1.807) is 6.07 Å². The van der Waals surface area contributed by atoms with Crippen molar-refractivity contribution in [1.82, 2.24) is 4.98 Å². The quantitative estimate of drug-likeness (QED) is 0.863. The minimum atomic E-state index is -2.99. The Kier molecular flexibility index (Phi) is 3.70. The number of nitrogens with zero attached hydrogens (tertiary/aromatic N) is 1. The Morgan fingerprint density at radius 2 is 2.11 bits per heavy atom. The number of alkyl halides is 2. The van der Waals surface area contributed by atoms with Crippen molar-refractivity contribution in [3.63, 3.8) is 0 Å². The zero-order chi connectivity index (χ0) is 13.8. The van der Waals surface area contributed by atoms with Gasteiger partial charge in [-0.2, -0.15) is 8.78 Å². The summed E-state index contributed by atoms with van der Waals surface area (Å²) in [5, 5.41) is 9.62. The van der Waals surface area contributed by atoms with Gasteiger partial charge in [0.1, 0.15) is 11.5 Å². The number of carbonyl (C=O) groups is 1. The first-order chi connectivity index (χ1) is 9.08. The minimum Gasteiger partial charge on any atom is -0.507 e. The van der Waals surface area contributed by atoms with Gasteiger partial charge in [-0.05, 0) is 30.3 Å². The second-order valence-electron chi connectivity index (χ2n) is 3.63. The van der Waals surface area contributed by atoms with Crippen molar-refractivity contribution < 1.29 is 23.4 Å². The van der Waals surface area contributed by atoms with E-state index in [-0.39, 0.29) is 22.6 Å². The van der Waals surface area contributed by atoms with Crippen molar-refractivity contribution >= 4 is 5.78 Å². The molecule has 0 amide bonds. The van der Waals surface area contributed by atoms with Crippen molar-refractivity contribution in [3.05, 3.63) is 53.9 Å². The maximum atomic E-state index is 12.1. The van der Waals surface area contributed by atoms with Crippen LogP contribution in [-0.2, 0) is 0 Å². The number of halogens is 2. The van der Waals surface area contributed by atoms with Crippen LogP contribution in [0.2, 0.25) is 0 Å². The Morgan fingerprint density at radius 1 is 1.32 bits per heavy atom. The molecule has 0 atom stereocenters. The molecule has 1 aromatic heterocycles. The van der Waals surface area contributed by atoms with E-state index in [1.165, 1.54) is 18.5 Å². The Labute approximate surface area is 107 Å². The van der Waals surface area contributed by atoms with Crippen molar-refractivity contribution in [2.75, 3.05) is 0 Å². The SMILES string of the molecule is O=C(c1cccnc1)c1cc(OC(F)F)ccc1O. The molecule has 0 unspecified atom stereocenters. The molecule has 98 valence electrons. The molecule has 0 saturated carbocycles. The first-order valence-electron chi connectivity index (χ1n) is 5.30. The molecule has 0 aliphatic heterocycles. The van der Waals surface area contributed by atoms with E-state index in [9.17, 15) is 18.7 Å². The number of aromatic nitrogens is 1. The van der Waals surface area contributed by atoms with E-state index in [2.05, 4.69) is 9.72 Å². The van der Waals surface area contributed by atoms with Gasteiger partial charge >= 0.3 is 6.61 Å². The molecule has 1 N–H and O–H groups in total. The molecule has 1 aromatic carbocycles. The number of aromatic hydroxyl groups is 1. The molecule has 0 aliphatic rings. The van der Waals surface area contributed by atoms with E-state index >= 15 is 0 Å². The van der Waals surface area contributed by atoms with E-state index < -0.39 is 12.4 Å². The fourth-order valence-corrected chi connectivity index (χ4v) is 1.53. The third-order valence-corrected chi connectivity index (χ3v) is 2.36. The fraction of sp³-hybridized carbons (Fsp3) is 0.0769. The van der Waals surface area contributed by atoms with Gasteiger partial charge in [0.05, 0.1) is 5.56 Å². The zero-order valence-corrected chi connectivity index (χ0v) is 9.59. The molecule has 0 aliphatic carbocycles. The van der Waals surface area contributed by atoms with Crippen LogP contribution in [0.3, 0.4) is 0 Å². The van der Waals surface area contributed by atoms with E-state index in [1.807, 2.05) is 0 Å². The lowest BCUT2D eigenvalue weighted by Gasteiger charge is -2.08. The van der Waals surface area contributed by atoms with Gasteiger partial charge in [-0.15, -0.1) is 0 Å². The number of benzene rings is 1. The summed E-state index contributed by atoms with van der Waals surface area (Å²) < 4.78 is 28.4. The van der Waals surface area contributed by atoms with Gasteiger partial charge in [0.25, 0.3) is 0 Å². The lowest BCUT2D eigenvalue weighted by atomic mass is 10.0. The summed E-state index contributed by atoms with van der Waals surface area (Å²) in [6.07, 6.45) is 2.81. The third kappa shape index (κ3) is 3.04. The number of phenolic OH excluding ortho intramolecular Hbond substituents is 1. The van der Waals surface area contributed by atoms with Gasteiger partial charge in [0.15, 0.2) is 5.78 Å². The number of hydrogen-bond acceptors (Lipinski definition) is 4. The van der Waals surface area contributed by atoms with Gasteiger partial charge in [-0.3, -0.25) is 9.78 Å². The molecular formula is C13H9F2NO3. The second kappa shape index (κ2) is 5.43. The Balaban J connectivity index is 2.36. The molecule has 1 heterocycles. The van der Waals surface area contributed by atoms with Crippen LogP contribution in [0.15, 0.2) is 42.7 Å². The van der Waals surface area contributed by atoms with Crippen LogP contribution in [0.1, 0.15) is 15.9 Å². The van der Waals surface area contributed by atoms with Crippen LogP contribution in [0.25, 0.3) is 0 Å². The molecule has 0 radical (unpaired) electrons. The van der Waals surface area contributed by atoms with Crippen LogP contribution in [0.5, 0.6) is 11.5 Å². The molecule has 0 fully saturated rings. The molecule has 6 heteroatoms. The van der Waals surface area contributed by atoms with Crippen LogP contribution >= 0.6 is 0 Å². The summed E-state index contributed by atoms with van der Waals surface area (Å²) in [5.41, 5.74) is 0.123. The second-order valence-corrected chi connectivity index (χ2v) is 3.63.